The Kier molecular flexibility index (Phi) is 3.86. The zero-order chi connectivity index (χ0) is 15.7. The Morgan fingerprint density at radius 1 is 1.43 bits per heavy atom. The third kappa shape index (κ3) is 2.68. The lowest BCUT2D eigenvalue weighted by atomic mass is 9.95. The van der Waals surface area contributed by atoms with Crippen molar-refractivity contribution in [3.8, 4) is 0 Å². The van der Waals surface area contributed by atoms with Crippen molar-refractivity contribution in [1.82, 2.24) is 10.2 Å². The van der Waals surface area contributed by atoms with Gasteiger partial charge in [0.1, 0.15) is 0 Å². The fourth-order valence-corrected chi connectivity index (χ4v) is 2.42. The molecule has 0 aliphatic carbocycles. The van der Waals surface area contributed by atoms with Crippen LogP contribution in [0.2, 0.25) is 5.02 Å². The lowest BCUT2D eigenvalue weighted by Crippen LogP contribution is -2.51. The largest absolute Gasteiger partial charge is 0.478 e. The molecule has 0 saturated carbocycles. The van der Waals surface area contributed by atoms with Crippen molar-refractivity contribution in [3.05, 3.63) is 46.1 Å². The second kappa shape index (κ2) is 5.45. The number of imide groups is 1. The van der Waals surface area contributed by atoms with Crippen LogP contribution in [0.3, 0.4) is 0 Å². The van der Waals surface area contributed by atoms with Crippen molar-refractivity contribution in [3.63, 3.8) is 0 Å². The van der Waals surface area contributed by atoms with Gasteiger partial charge < -0.3 is 16.2 Å². The van der Waals surface area contributed by atoms with E-state index in [0.717, 1.165) is 0 Å². The molecular weight excluding hydrogens is 298 g/mol. The number of primary amides is 1. The Morgan fingerprint density at radius 2 is 2.10 bits per heavy atom. The second-order valence-electron chi connectivity index (χ2n) is 4.42. The van der Waals surface area contributed by atoms with E-state index in [1.54, 1.807) is 24.3 Å². The number of benzene rings is 1. The van der Waals surface area contributed by atoms with Gasteiger partial charge in [-0.3, -0.25) is 0 Å². The van der Waals surface area contributed by atoms with Gasteiger partial charge in [-0.15, -0.1) is 0 Å². The van der Waals surface area contributed by atoms with Crippen LogP contribution in [0.4, 0.5) is 9.59 Å². The summed E-state index contributed by atoms with van der Waals surface area (Å²) >= 11 is 5.88. The summed E-state index contributed by atoms with van der Waals surface area (Å²) in [5.41, 5.74) is 5.43. The average molecular weight is 310 g/mol. The Hall–Kier alpha value is -2.54. The summed E-state index contributed by atoms with van der Waals surface area (Å²) in [6, 6.07) is 3.70. The van der Waals surface area contributed by atoms with Crippen molar-refractivity contribution < 1.29 is 19.5 Å². The molecule has 0 radical (unpaired) electrons. The number of nitrogens with zero attached hydrogens (tertiary/aromatic N) is 1. The number of amides is 4. The summed E-state index contributed by atoms with van der Waals surface area (Å²) in [4.78, 5) is 35.3. The third-order valence-electron chi connectivity index (χ3n) is 3.12. The molecule has 1 aromatic rings. The van der Waals surface area contributed by atoms with Crippen LogP contribution in [0.15, 0.2) is 35.5 Å². The normalized spacial score (nSPS) is 18.5. The highest BCUT2D eigenvalue weighted by Crippen LogP contribution is 2.31. The summed E-state index contributed by atoms with van der Waals surface area (Å²) in [6.45, 7) is 1.35. The number of rotatable bonds is 2. The molecule has 1 aliphatic rings. The molecule has 1 aromatic carbocycles. The number of urea groups is 2. The first-order chi connectivity index (χ1) is 9.82. The van der Waals surface area contributed by atoms with Crippen LogP contribution in [-0.2, 0) is 4.79 Å². The number of carbonyl (C=O) groups excluding carboxylic acids is 2. The number of allylic oxidation sites excluding steroid dienone is 1. The SMILES string of the molecule is CC1=C(C(=O)O)C(c2cccc(Cl)c2)NC(=O)N1C(N)=O. The molecule has 2 rings (SSSR count). The maximum atomic E-state index is 11.9. The number of halogens is 1. The van der Waals surface area contributed by atoms with Gasteiger partial charge in [-0.2, -0.15) is 0 Å². The number of carboxylic acid groups (broad SMARTS) is 1. The van der Waals surface area contributed by atoms with Crippen molar-refractivity contribution in [2.45, 2.75) is 13.0 Å². The highest BCUT2D eigenvalue weighted by atomic mass is 35.5. The first-order valence-electron chi connectivity index (χ1n) is 5.92. The summed E-state index contributed by atoms with van der Waals surface area (Å²) in [5, 5.41) is 12.2. The minimum absolute atomic E-state index is 0.0243. The van der Waals surface area contributed by atoms with Crippen molar-refractivity contribution in [1.29, 1.82) is 0 Å². The van der Waals surface area contributed by atoms with Gasteiger partial charge in [0, 0.05) is 10.7 Å². The number of hydrogen-bond donors (Lipinski definition) is 3. The van der Waals surface area contributed by atoms with Gasteiger partial charge in [-0.25, -0.2) is 19.3 Å². The Labute approximate surface area is 125 Å². The fraction of sp³-hybridized carbons (Fsp3) is 0.154. The van der Waals surface area contributed by atoms with Gasteiger partial charge in [0.15, 0.2) is 0 Å². The number of nitrogens with one attached hydrogen (secondary N) is 1. The average Bonchev–Trinajstić information content (AvgIpc) is 2.36. The van der Waals surface area contributed by atoms with E-state index in [2.05, 4.69) is 5.32 Å². The van der Waals surface area contributed by atoms with E-state index in [4.69, 9.17) is 17.3 Å². The maximum absolute atomic E-state index is 11.9. The molecule has 4 amide bonds. The second-order valence-corrected chi connectivity index (χ2v) is 4.85. The van der Waals surface area contributed by atoms with Crippen molar-refractivity contribution in [2.75, 3.05) is 0 Å². The molecule has 0 spiro atoms. The van der Waals surface area contributed by atoms with Gasteiger partial charge in [0.25, 0.3) is 0 Å². The van der Waals surface area contributed by atoms with Crippen molar-refractivity contribution in [2.24, 2.45) is 5.73 Å². The van der Waals surface area contributed by atoms with Gasteiger partial charge >= 0.3 is 18.0 Å². The molecule has 7 nitrogen and oxygen atoms in total. The minimum Gasteiger partial charge on any atom is -0.478 e. The molecule has 4 N–H and O–H groups in total. The summed E-state index contributed by atoms with van der Waals surface area (Å²) in [7, 11) is 0. The molecule has 1 atom stereocenters. The van der Waals surface area contributed by atoms with E-state index in [-0.39, 0.29) is 11.3 Å². The monoisotopic (exact) mass is 309 g/mol. The Bertz CT molecular complexity index is 671. The highest BCUT2D eigenvalue weighted by Gasteiger charge is 2.37. The minimum atomic E-state index is -1.26. The number of hydrogen-bond acceptors (Lipinski definition) is 3. The number of carbonyl (C=O) groups is 3. The molecule has 1 unspecified atom stereocenters. The first kappa shape index (κ1) is 14.9. The third-order valence-corrected chi connectivity index (χ3v) is 3.35. The topological polar surface area (TPSA) is 113 Å². The molecule has 21 heavy (non-hydrogen) atoms. The molecule has 1 heterocycles. The van der Waals surface area contributed by atoms with Gasteiger partial charge in [-0.1, -0.05) is 23.7 Å². The van der Waals surface area contributed by atoms with E-state index < -0.39 is 24.1 Å². The van der Waals surface area contributed by atoms with Crippen LogP contribution in [0.25, 0.3) is 0 Å². The highest BCUT2D eigenvalue weighted by molar-refractivity contribution is 6.30. The fourth-order valence-electron chi connectivity index (χ4n) is 2.22. The zero-order valence-electron chi connectivity index (χ0n) is 11.0. The molecule has 0 fully saturated rings. The van der Waals surface area contributed by atoms with Crippen molar-refractivity contribution >= 4 is 29.6 Å². The summed E-state index contributed by atoms with van der Waals surface area (Å²) < 4.78 is 0. The molecule has 0 saturated heterocycles. The molecule has 0 bridgehead atoms. The van der Waals surface area contributed by atoms with E-state index in [9.17, 15) is 19.5 Å². The molecule has 8 heteroatoms. The molecule has 110 valence electrons. The van der Waals surface area contributed by atoms with Gasteiger partial charge in [-0.05, 0) is 24.6 Å². The zero-order valence-corrected chi connectivity index (χ0v) is 11.7. The standard InChI is InChI=1S/C13H12ClN3O4/c1-6-9(11(18)19)10(7-3-2-4-8(14)5-7)16-13(21)17(6)12(15)20/h2-5,10H,1H3,(H2,15,20)(H,16,21)(H,18,19). The predicted molar refractivity (Wildman–Crippen MR) is 74.5 cm³/mol. The maximum Gasteiger partial charge on any atom is 0.335 e. The Morgan fingerprint density at radius 3 is 2.62 bits per heavy atom. The first-order valence-corrected chi connectivity index (χ1v) is 6.30. The van der Waals surface area contributed by atoms with Gasteiger partial charge in [0.05, 0.1) is 11.6 Å². The predicted octanol–water partition coefficient (Wildman–Crippen LogP) is 1.84. The smallest absolute Gasteiger partial charge is 0.335 e. The molecule has 0 aromatic heterocycles. The Balaban J connectivity index is 2.59. The molecule has 1 aliphatic heterocycles. The lowest BCUT2D eigenvalue weighted by molar-refractivity contribution is -0.133. The summed E-state index contributed by atoms with van der Waals surface area (Å²) in [5.74, 6) is -1.26. The number of aliphatic carboxylic acids is 1. The molecular formula is C13H12ClN3O4. The number of carboxylic acids is 1. The van der Waals surface area contributed by atoms with Crippen LogP contribution >= 0.6 is 11.6 Å². The van der Waals surface area contributed by atoms with Crippen LogP contribution < -0.4 is 11.1 Å². The van der Waals surface area contributed by atoms with Gasteiger partial charge in [0.2, 0.25) is 0 Å². The van der Waals surface area contributed by atoms with E-state index >= 15 is 0 Å². The van der Waals surface area contributed by atoms with E-state index in [0.29, 0.717) is 15.5 Å². The number of nitrogens with two attached hydrogens (primary N) is 1. The van der Waals surface area contributed by atoms with Crippen LogP contribution in [0, 0.1) is 0 Å². The van der Waals surface area contributed by atoms with Crippen LogP contribution in [0.5, 0.6) is 0 Å². The van der Waals surface area contributed by atoms with Crippen LogP contribution in [-0.4, -0.2) is 28.0 Å². The summed E-state index contributed by atoms with van der Waals surface area (Å²) in [6.07, 6.45) is 0. The van der Waals surface area contributed by atoms with E-state index in [1.807, 2.05) is 0 Å². The quantitative estimate of drug-likeness (QED) is 0.773. The lowest BCUT2D eigenvalue weighted by Gasteiger charge is -2.32. The van der Waals surface area contributed by atoms with Crippen LogP contribution in [0.1, 0.15) is 18.5 Å². The van der Waals surface area contributed by atoms with E-state index in [1.165, 1.54) is 6.92 Å².